The normalized spacial score (nSPS) is 16.2. The summed E-state index contributed by atoms with van der Waals surface area (Å²) in [6.45, 7) is 2.04. The molecule has 1 atom stereocenters. The number of aromatic nitrogens is 3. The van der Waals surface area contributed by atoms with E-state index in [4.69, 9.17) is 21.1 Å². The number of anilines is 1. The number of ether oxygens (including phenoxy) is 2. The Morgan fingerprint density at radius 2 is 2.27 bits per heavy atom. The zero-order chi connectivity index (χ0) is 21.3. The Morgan fingerprint density at radius 3 is 3.07 bits per heavy atom. The largest absolute Gasteiger partial charge is 0.500 e. The molecule has 0 spiro atoms. The van der Waals surface area contributed by atoms with Crippen molar-refractivity contribution in [2.24, 2.45) is 7.05 Å². The molecular weight excluding hydrogens is 424 g/mol. The fourth-order valence-corrected chi connectivity index (χ4v) is 4.44. The number of thiazole rings is 1. The van der Waals surface area contributed by atoms with Crippen LogP contribution in [0.1, 0.15) is 22.0 Å². The average molecular weight is 445 g/mol. The number of amides is 1. The lowest BCUT2D eigenvalue weighted by Crippen LogP contribution is -2.13. The lowest BCUT2D eigenvalue weighted by Gasteiger charge is -2.16. The molecular formula is C21H21ClN4O3S. The highest BCUT2D eigenvalue weighted by Crippen LogP contribution is 2.33. The summed E-state index contributed by atoms with van der Waals surface area (Å²) in [6, 6.07) is 5.53. The van der Waals surface area contributed by atoms with Crippen molar-refractivity contribution in [3.05, 3.63) is 58.0 Å². The van der Waals surface area contributed by atoms with E-state index in [-0.39, 0.29) is 12.0 Å². The Kier molecular flexibility index (Phi) is 5.78. The number of carbonyl (C=O) groups excluding carboxylic acids is 1. The second kappa shape index (κ2) is 8.49. The molecule has 0 aliphatic heterocycles. The van der Waals surface area contributed by atoms with Crippen LogP contribution in [0.4, 0.5) is 10.5 Å². The maximum atomic E-state index is 12.3. The van der Waals surface area contributed by atoms with E-state index in [0.29, 0.717) is 12.1 Å². The highest BCUT2D eigenvalue weighted by atomic mass is 35.5. The first kappa shape index (κ1) is 20.4. The number of rotatable bonds is 5. The second-order valence-electron chi connectivity index (χ2n) is 6.91. The monoisotopic (exact) mass is 444 g/mol. The van der Waals surface area contributed by atoms with E-state index in [9.17, 15) is 4.79 Å². The third-order valence-electron chi connectivity index (χ3n) is 4.83. The maximum absolute atomic E-state index is 12.3. The molecule has 30 heavy (non-hydrogen) atoms. The zero-order valence-electron chi connectivity index (χ0n) is 16.8. The smallest absolute Gasteiger partial charge is 0.411 e. The third kappa shape index (κ3) is 4.20. The lowest BCUT2D eigenvalue weighted by atomic mass is 10.1. The Hall–Kier alpha value is -2.84. The molecule has 0 radical (unpaired) electrons. The van der Waals surface area contributed by atoms with E-state index in [2.05, 4.69) is 15.3 Å². The van der Waals surface area contributed by atoms with Crippen molar-refractivity contribution in [3.63, 3.8) is 0 Å². The van der Waals surface area contributed by atoms with Crippen LogP contribution in [0.3, 0.4) is 0 Å². The number of hydrogen-bond acceptors (Lipinski definition) is 6. The number of carbonyl (C=O) groups is 1. The van der Waals surface area contributed by atoms with E-state index < -0.39 is 6.09 Å². The fourth-order valence-electron chi connectivity index (χ4n) is 3.21. The molecule has 156 valence electrons. The summed E-state index contributed by atoms with van der Waals surface area (Å²) in [6.07, 6.45) is 5.69. The molecule has 7 nitrogen and oxygen atoms in total. The van der Waals surface area contributed by atoms with Gasteiger partial charge in [0, 0.05) is 24.7 Å². The van der Waals surface area contributed by atoms with Gasteiger partial charge in [0.1, 0.15) is 17.4 Å². The second-order valence-corrected chi connectivity index (χ2v) is 8.55. The van der Waals surface area contributed by atoms with Gasteiger partial charge in [0.2, 0.25) is 0 Å². The molecule has 0 bridgehead atoms. The van der Waals surface area contributed by atoms with Crippen molar-refractivity contribution in [2.45, 2.75) is 25.3 Å². The summed E-state index contributed by atoms with van der Waals surface area (Å²) in [7, 11) is 3.56. The maximum Gasteiger partial charge on any atom is 0.411 e. The van der Waals surface area contributed by atoms with Crippen LogP contribution in [0.25, 0.3) is 16.6 Å². The summed E-state index contributed by atoms with van der Waals surface area (Å²) < 4.78 is 12.8. The van der Waals surface area contributed by atoms with Gasteiger partial charge in [-0.05, 0) is 25.1 Å². The standard InChI is InChI=1S/C21H21ClN4O3S/c1-12-19(30-20(24-12)15-6-4-13(22)8-18(15)28-3)10-29-21(27)25-14-5-7-17-16(9-14)23-11-26(17)2/h4-7,9,11,13H,8,10H2,1-3H3,(H,25,27). The first-order chi connectivity index (χ1) is 14.4. The predicted molar refractivity (Wildman–Crippen MR) is 119 cm³/mol. The van der Waals surface area contributed by atoms with Crippen LogP contribution >= 0.6 is 22.9 Å². The van der Waals surface area contributed by atoms with Crippen LogP contribution in [0, 0.1) is 6.92 Å². The van der Waals surface area contributed by atoms with E-state index in [0.717, 1.165) is 37.9 Å². The average Bonchev–Trinajstić information content (AvgIpc) is 3.28. The van der Waals surface area contributed by atoms with Crippen LogP contribution in [0.2, 0.25) is 0 Å². The minimum absolute atomic E-state index is 0.0819. The summed E-state index contributed by atoms with van der Waals surface area (Å²) in [5.41, 5.74) is 4.17. The zero-order valence-corrected chi connectivity index (χ0v) is 18.4. The van der Waals surface area contributed by atoms with Gasteiger partial charge in [0.25, 0.3) is 0 Å². The Labute approximate surface area is 183 Å². The van der Waals surface area contributed by atoms with E-state index in [1.54, 1.807) is 13.4 Å². The van der Waals surface area contributed by atoms with E-state index in [1.807, 2.05) is 48.9 Å². The number of imidazole rings is 1. The van der Waals surface area contributed by atoms with Crippen LogP contribution < -0.4 is 5.32 Å². The molecule has 9 heteroatoms. The minimum atomic E-state index is -0.529. The van der Waals surface area contributed by atoms with Crippen LogP contribution in [0.5, 0.6) is 0 Å². The summed E-state index contributed by atoms with van der Waals surface area (Å²) >= 11 is 7.65. The number of benzene rings is 1. The van der Waals surface area contributed by atoms with Crippen LogP contribution in [-0.2, 0) is 23.1 Å². The van der Waals surface area contributed by atoms with Crippen molar-refractivity contribution < 1.29 is 14.3 Å². The Bertz CT molecular complexity index is 1160. The molecule has 2 heterocycles. The van der Waals surface area contributed by atoms with Gasteiger partial charge in [0.05, 0.1) is 40.4 Å². The third-order valence-corrected chi connectivity index (χ3v) is 6.29. The highest BCUT2D eigenvalue weighted by Gasteiger charge is 2.20. The number of allylic oxidation sites excluding steroid dienone is 4. The van der Waals surface area contributed by atoms with Gasteiger partial charge in [-0.25, -0.2) is 14.8 Å². The van der Waals surface area contributed by atoms with Gasteiger partial charge in [-0.1, -0.05) is 12.2 Å². The number of methoxy groups -OCH3 is 1. The number of aryl methyl sites for hydroxylation is 2. The minimum Gasteiger partial charge on any atom is -0.500 e. The first-order valence-corrected chi connectivity index (χ1v) is 10.6. The van der Waals surface area contributed by atoms with Crippen molar-refractivity contribution in [1.82, 2.24) is 14.5 Å². The molecule has 1 unspecified atom stereocenters. The molecule has 1 aromatic carbocycles. The topological polar surface area (TPSA) is 78.3 Å². The summed E-state index contributed by atoms with van der Waals surface area (Å²) in [5, 5.41) is 3.48. The summed E-state index contributed by atoms with van der Waals surface area (Å²) in [5.74, 6) is 0.807. The molecule has 3 aromatic rings. The highest BCUT2D eigenvalue weighted by molar-refractivity contribution is 7.12. The van der Waals surface area contributed by atoms with Crippen LogP contribution in [-0.4, -0.2) is 33.1 Å². The number of alkyl halides is 1. The Morgan fingerprint density at radius 1 is 1.43 bits per heavy atom. The number of fused-ring (bicyclic) bond motifs is 1. The molecule has 1 aliphatic rings. The molecule has 0 saturated carbocycles. The number of hydrogen-bond donors (Lipinski definition) is 1. The van der Waals surface area contributed by atoms with Gasteiger partial charge in [-0.15, -0.1) is 22.9 Å². The molecule has 0 fully saturated rings. The van der Waals surface area contributed by atoms with Gasteiger partial charge in [0.15, 0.2) is 0 Å². The SMILES string of the molecule is COC1=C(c2nc(C)c(COC(=O)Nc3ccc4c(c3)ncn4C)s2)C=CC(Cl)C1. The lowest BCUT2D eigenvalue weighted by molar-refractivity contribution is 0.156. The molecule has 1 aliphatic carbocycles. The van der Waals surface area contributed by atoms with Gasteiger partial charge in [-0.2, -0.15) is 0 Å². The van der Waals surface area contributed by atoms with Crippen LogP contribution in [0.15, 0.2) is 42.4 Å². The van der Waals surface area contributed by atoms with Crippen molar-refractivity contribution in [2.75, 3.05) is 12.4 Å². The quantitative estimate of drug-likeness (QED) is 0.559. The molecule has 1 amide bonds. The first-order valence-electron chi connectivity index (χ1n) is 9.35. The summed E-state index contributed by atoms with van der Waals surface area (Å²) in [4.78, 5) is 22.0. The van der Waals surface area contributed by atoms with Crippen molar-refractivity contribution >= 4 is 51.3 Å². The number of nitrogens with zero attached hydrogens (tertiary/aromatic N) is 3. The number of nitrogens with one attached hydrogen (secondary N) is 1. The van der Waals surface area contributed by atoms with Gasteiger partial charge >= 0.3 is 6.09 Å². The molecule has 4 rings (SSSR count). The van der Waals surface area contributed by atoms with Crippen molar-refractivity contribution in [1.29, 1.82) is 0 Å². The van der Waals surface area contributed by atoms with Gasteiger partial charge in [-0.3, -0.25) is 5.32 Å². The van der Waals surface area contributed by atoms with Gasteiger partial charge < -0.3 is 14.0 Å². The molecule has 1 N–H and O–H groups in total. The number of halogens is 1. The Balaban J connectivity index is 1.42. The van der Waals surface area contributed by atoms with Crippen molar-refractivity contribution in [3.8, 4) is 0 Å². The predicted octanol–water partition coefficient (Wildman–Crippen LogP) is 5.01. The molecule has 0 saturated heterocycles. The molecule has 2 aromatic heterocycles. The fraction of sp³-hybridized carbons (Fsp3) is 0.286. The van der Waals surface area contributed by atoms with E-state index in [1.165, 1.54) is 11.3 Å². The van der Waals surface area contributed by atoms with E-state index >= 15 is 0 Å².